The molecule has 1 amide bonds. The number of rotatable bonds is 5. The number of amides is 1. The van der Waals surface area contributed by atoms with Crippen LogP contribution < -0.4 is 4.74 Å². The third-order valence-electron chi connectivity index (χ3n) is 5.41. The van der Waals surface area contributed by atoms with E-state index in [0.717, 1.165) is 16.7 Å². The van der Waals surface area contributed by atoms with E-state index in [1.807, 2.05) is 44.2 Å². The van der Waals surface area contributed by atoms with Gasteiger partial charge in [0, 0.05) is 0 Å². The van der Waals surface area contributed by atoms with Crippen molar-refractivity contribution >= 4 is 17.4 Å². The Balaban J connectivity index is 1.92. The molecule has 0 bridgehead atoms. The van der Waals surface area contributed by atoms with Crippen LogP contribution in [-0.4, -0.2) is 28.8 Å². The molecule has 2 heterocycles. The number of aliphatic hydroxyl groups excluding tert-OH is 1. The molecule has 1 unspecified atom stereocenters. The predicted molar refractivity (Wildman–Crippen MR) is 115 cm³/mol. The van der Waals surface area contributed by atoms with Gasteiger partial charge in [0.25, 0.3) is 11.7 Å². The molecule has 31 heavy (non-hydrogen) atoms. The molecule has 1 fully saturated rings. The summed E-state index contributed by atoms with van der Waals surface area (Å²) < 4.78 is 10.8. The summed E-state index contributed by atoms with van der Waals surface area (Å²) in [4.78, 5) is 27.6. The molecule has 6 nitrogen and oxygen atoms in total. The van der Waals surface area contributed by atoms with Crippen molar-refractivity contribution in [3.63, 3.8) is 0 Å². The number of aryl methyl sites for hydroxylation is 2. The zero-order valence-electron chi connectivity index (χ0n) is 17.6. The van der Waals surface area contributed by atoms with Crippen molar-refractivity contribution in [2.45, 2.75) is 26.4 Å². The topological polar surface area (TPSA) is 80.0 Å². The third-order valence-corrected chi connectivity index (χ3v) is 5.41. The minimum Gasteiger partial charge on any atom is -0.507 e. The van der Waals surface area contributed by atoms with Gasteiger partial charge in [0.2, 0.25) is 0 Å². The van der Waals surface area contributed by atoms with Crippen molar-refractivity contribution in [1.82, 2.24) is 4.90 Å². The Labute approximate surface area is 180 Å². The van der Waals surface area contributed by atoms with Gasteiger partial charge in [0.05, 0.1) is 37.1 Å². The Morgan fingerprint density at radius 2 is 1.84 bits per heavy atom. The van der Waals surface area contributed by atoms with Gasteiger partial charge in [-0.1, -0.05) is 41.5 Å². The van der Waals surface area contributed by atoms with E-state index in [2.05, 4.69) is 0 Å². The summed E-state index contributed by atoms with van der Waals surface area (Å²) in [6.07, 6.45) is 1.52. The Kier molecular flexibility index (Phi) is 5.38. The number of methoxy groups -OCH3 is 1. The number of ketones is 1. The van der Waals surface area contributed by atoms with Gasteiger partial charge in [0.15, 0.2) is 0 Å². The van der Waals surface area contributed by atoms with Gasteiger partial charge >= 0.3 is 0 Å². The third kappa shape index (κ3) is 3.72. The van der Waals surface area contributed by atoms with Crippen LogP contribution >= 0.6 is 0 Å². The van der Waals surface area contributed by atoms with Crippen molar-refractivity contribution in [2.75, 3.05) is 7.11 Å². The molecule has 1 saturated heterocycles. The molecule has 1 aliphatic rings. The second-order valence-electron chi connectivity index (χ2n) is 7.62. The molecule has 3 aromatic rings. The molecule has 0 spiro atoms. The average Bonchev–Trinajstić information content (AvgIpc) is 3.35. The summed E-state index contributed by atoms with van der Waals surface area (Å²) in [6.45, 7) is 3.92. The number of hydrogen-bond acceptors (Lipinski definition) is 5. The minimum absolute atomic E-state index is 0.0334. The van der Waals surface area contributed by atoms with Crippen LogP contribution in [-0.2, 0) is 16.1 Å². The second kappa shape index (κ2) is 8.14. The van der Waals surface area contributed by atoms with Crippen LogP contribution in [0.1, 0.15) is 34.1 Å². The molecule has 0 aliphatic carbocycles. The standard InChI is InChI=1S/C25H23NO5/c1-15-6-4-7-17(12-15)22-21(23(27)19-13-16(2)9-10-20(19)30-3)24(28)25(29)26(22)14-18-8-5-11-31-18/h4-13,22,27H,14H2,1-3H3/b23-21+. The average molecular weight is 417 g/mol. The summed E-state index contributed by atoms with van der Waals surface area (Å²) in [5.74, 6) is -0.710. The van der Waals surface area contributed by atoms with Crippen LogP contribution in [0.25, 0.3) is 5.76 Å². The number of likely N-dealkylation sites (tertiary alicyclic amines) is 1. The van der Waals surface area contributed by atoms with E-state index >= 15 is 0 Å². The largest absolute Gasteiger partial charge is 0.507 e. The summed E-state index contributed by atoms with van der Waals surface area (Å²) in [7, 11) is 1.50. The first-order chi connectivity index (χ1) is 14.9. The normalized spacial score (nSPS) is 17.9. The molecule has 0 saturated carbocycles. The van der Waals surface area contributed by atoms with Crippen LogP contribution in [0, 0.1) is 13.8 Å². The lowest BCUT2D eigenvalue weighted by Gasteiger charge is -2.25. The SMILES string of the molecule is COc1ccc(C)cc1/C(O)=C1\C(=O)C(=O)N(Cc2ccco2)C1c1cccc(C)c1. The number of furan rings is 1. The maximum atomic E-state index is 13.1. The van der Waals surface area contributed by atoms with Crippen molar-refractivity contribution in [2.24, 2.45) is 0 Å². The van der Waals surface area contributed by atoms with Crippen molar-refractivity contribution < 1.29 is 23.8 Å². The first kappa shape index (κ1) is 20.5. The second-order valence-corrected chi connectivity index (χ2v) is 7.62. The molecule has 2 aromatic carbocycles. The molecule has 1 N–H and O–H groups in total. The minimum atomic E-state index is -0.754. The van der Waals surface area contributed by atoms with Gasteiger partial charge in [-0.15, -0.1) is 0 Å². The van der Waals surface area contributed by atoms with Crippen LogP contribution in [0.3, 0.4) is 0 Å². The lowest BCUT2D eigenvalue weighted by molar-refractivity contribution is -0.140. The number of carbonyl (C=O) groups is 2. The number of benzene rings is 2. The quantitative estimate of drug-likeness (QED) is 0.375. The molecular weight excluding hydrogens is 394 g/mol. The highest BCUT2D eigenvalue weighted by Crippen LogP contribution is 2.42. The maximum absolute atomic E-state index is 13.1. The van der Waals surface area contributed by atoms with Gasteiger partial charge in [-0.25, -0.2) is 0 Å². The summed E-state index contributed by atoms with van der Waals surface area (Å²) in [6, 6.07) is 15.6. The summed E-state index contributed by atoms with van der Waals surface area (Å²) in [5, 5.41) is 11.3. The first-order valence-electron chi connectivity index (χ1n) is 9.93. The Morgan fingerprint density at radius 3 is 2.52 bits per heavy atom. The maximum Gasteiger partial charge on any atom is 0.296 e. The van der Waals surface area contributed by atoms with Gasteiger partial charge in [-0.2, -0.15) is 0 Å². The zero-order valence-corrected chi connectivity index (χ0v) is 17.6. The van der Waals surface area contributed by atoms with E-state index in [0.29, 0.717) is 17.1 Å². The van der Waals surface area contributed by atoms with E-state index < -0.39 is 17.7 Å². The number of Topliss-reactive ketones (excluding diaryl/α,β-unsaturated/α-hetero) is 1. The van der Waals surface area contributed by atoms with E-state index in [1.165, 1.54) is 18.3 Å². The van der Waals surface area contributed by atoms with Crippen LogP contribution in [0.4, 0.5) is 0 Å². The number of carbonyl (C=O) groups excluding carboxylic acids is 2. The van der Waals surface area contributed by atoms with Gasteiger partial charge in [-0.3, -0.25) is 9.59 Å². The molecule has 1 aromatic heterocycles. The molecule has 4 rings (SSSR count). The number of hydrogen-bond donors (Lipinski definition) is 1. The number of aliphatic hydroxyl groups is 1. The molecule has 0 radical (unpaired) electrons. The Hall–Kier alpha value is -3.80. The first-order valence-corrected chi connectivity index (χ1v) is 9.93. The molecule has 1 aliphatic heterocycles. The highest BCUT2D eigenvalue weighted by Gasteiger charge is 2.46. The van der Waals surface area contributed by atoms with Crippen molar-refractivity contribution in [3.8, 4) is 5.75 Å². The fourth-order valence-electron chi connectivity index (χ4n) is 3.95. The van der Waals surface area contributed by atoms with E-state index in [4.69, 9.17) is 9.15 Å². The van der Waals surface area contributed by atoms with E-state index in [9.17, 15) is 14.7 Å². The summed E-state index contributed by atoms with van der Waals surface area (Å²) >= 11 is 0. The number of ether oxygens (including phenoxy) is 1. The van der Waals surface area contributed by atoms with E-state index in [-0.39, 0.29) is 17.9 Å². The Morgan fingerprint density at radius 1 is 1.06 bits per heavy atom. The van der Waals surface area contributed by atoms with Crippen LogP contribution in [0.15, 0.2) is 70.9 Å². The van der Waals surface area contributed by atoms with E-state index in [1.54, 1.807) is 24.3 Å². The monoisotopic (exact) mass is 417 g/mol. The number of nitrogens with zero attached hydrogens (tertiary/aromatic N) is 1. The fraction of sp³-hybridized carbons (Fsp3) is 0.200. The van der Waals surface area contributed by atoms with Crippen LogP contribution in [0.5, 0.6) is 5.75 Å². The smallest absolute Gasteiger partial charge is 0.296 e. The molecule has 158 valence electrons. The van der Waals surface area contributed by atoms with Gasteiger partial charge in [-0.05, 0) is 43.7 Å². The molecule has 1 atom stereocenters. The van der Waals surface area contributed by atoms with Gasteiger partial charge < -0.3 is 19.2 Å². The Bertz CT molecular complexity index is 1180. The van der Waals surface area contributed by atoms with Crippen LogP contribution in [0.2, 0.25) is 0 Å². The van der Waals surface area contributed by atoms with Gasteiger partial charge in [0.1, 0.15) is 17.3 Å². The predicted octanol–water partition coefficient (Wildman–Crippen LogP) is 4.53. The molecule has 6 heteroatoms. The zero-order chi connectivity index (χ0) is 22.1. The lowest BCUT2D eigenvalue weighted by atomic mass is 9.93. The van der Waals surface area contributed by atoms with Crippen molar-refractivity contribution in [1.29, 1.82) is 0 Å². The highest BCUT2D eigenvalue weighted by molar-refractivity contribution is 6.46. The van der Waals surface area contributed by atoms with Crippen molar-refractivity contribution in [3.05, 3.63) is 94.4 Å². The molecular formula is C25H23NO5. The fourth-order valence-corrected chi connectivity index (χ4v) is 3.95. The lowest BCUT2D eigenvalue weighted by Crippen LogP contribution is -2.29. The summed E-state index contributed by atoms with van der Waals surface area (Å²) in [5.41, 5.74) is 3.01. The highest BCUT2D eigenvalue weighted by atomic mass is 16.5.